The van der Waals surface area contributed by atoms with E-state index in [1.165, 1.54) is 0 Å². The minimum atomic E-state index is 0.459. The summed E-state index contributed by atoms with van der Waals surface area (Å²) in [6, 6.07) is 13.7. The van der Waals surface area contributed by atoms with Gasteiger partial charge in [0.05, 0.1) is 26.3 Å². The van der Waals surface area contributed by atoms with Crippen LogP contribution in [0.15, 0.2) is 42.5 Å². The minimum absolute atomic E-state index is 0.459. The van der Waals surface area contributed by atoms with Crippen molar-refractivity contribution >= 4 is 17.0 Å². The Morgan fingerprint density at radius 2 is 1.71 bits per heavy atom. The molecule has 2 aromatic carbocycles. The van der Waals surface area contributed by atoms with Gasteiger partial charge in [-0.15, -0.1) is 0 Å². The predicted octanol–water partition coefficient (Wildman–Crippen LogP) is 2.68. The van der Waals surface area contributed by atoms with Crippen LogP contribution in [0.5, 0.6) is 11.5 Å². The fourth-order valence-electron chi connectivity index (χ4n) is 2.47. The van der Waals surface area contributed by atoms with Gasteiger partial charge in [-0.2, -0.15) is 0 Å². The molecule has 0 saturated carbocycles. The first-order valence-electron chi connectivity index (χ1n) is 6.65. The molecule has 0 amide bonds. The fraction of sp³-hybridized carbons (Fsp3) is 0.188. The van der Waals surface area contributed by atoms with Crippen molar-refractivity contribution in [2.75, 3.05) is 20.0 Å². The van der Waals surface area contributed by atoms with E-state index in [4.69, 9.17) is 15.2 Å². The number of para-hydroxylation sites is 2. The topological polar surface area (TPSA) is 62.3 Å². The highest BCUT2D eigenvalue weighted by molar-refractivity contribution is 5.84. The van der Waals surface area contributed by atoms with E-state index in [1.54, 1.807) is 14.2 Å². The molecular weight excluding hydrogens is 266 g/mol. The summed E-state index contributed by atoms with van der Waals surface area (Å²) in [6.45, 7) is 0.597. The Labute approximate surface area is 122 Å². The third-order valence-electron chi connectivity index (χ3n) is 3.51. The lowest BCUT2D eigenvalue weighted by molar-refractivity contribution is 0.408. The van der Waals surface area contributed by atoms with E-state index in [0.29, 0.717) is 12.5 Å². The third kappa shape index (κ3) is 2.27. The number of hydrogen-bond acceptors (Lipinski definition) is 4. The molecule has 5 heteroatoms. The molecule has 0 bridgehead atoms. The van der Waals surface area contributed by atoms with Gasteiger partial charge in [-0.1, -0.05) is 24.3 Å². The Hall–Kier alpha value is -2.69. The summed E-state index contributed by atoms with van der Waals surface area (Å²) in [7, 11) is 3.29. The predicted molar refractivity (Wildman–Crippen MR) is 82.8 cm³/mol. The van der Waals surface area contributed by atoms with Crippen molar-refractivity contribution in [1.29, 1.82) is 0 Å². The number of nitrogens with two attached hydrogens (primary N) is 1. The van der Waals surface area contributed by atoms with Crippen molar-refractivity contribution in [2.24, 2.45) is 0 Å². The van der Waals surface area contributed by atoms with E-state index in [0.717, 1.165) is 28.1 Å². The number of methoxy groups -OCH3 is 2. The summed E-state index contributed by atoms with van der Waals surface area (Å²) in [4.78, 5) is 4.41. The number of rotatable bonds is 4. The molecular formula is C16H17N3O2. The molecule has 0 spiro atoms. The molecule has 2 N–H and O–H groups in total. The molecule has 0 aliphatic heterocycles. The van der Waals surface area contributed by atoms with Crippen LogP contribution in [0.2, 0.25) is 0 Å². The van der Waals surface area contributed by atoms with Crippen molar-refractivity contribution in [1.82, 2.24) is 9.55 Å². The Balaban J connectivity index is 2.11. The molecule has 0 atom stereocenters. The highest BCUT2D eigenvalue weighted by Crippen LogP contribution is 2.28. The van der Waals surface area contributed by atoms with Crippen LogP contribution in [0.3, 0.4) is 0 Å². The van der Waals surface area contributed by atoms with Crippen molar-refractivity contribution in [3.63, 3.8) is 0 Å². The van der Waals surface area contributed by atoms with Gasteiger partial charge in [-0.3, -0.25) is 0 Å². The van der Waals surface area contributed by atoms with Gasteiger partial charge >= 0.3 is 0 Å². The van der Waals surface area contributed by atoms with Gasteiger partial charge in [0.1, 0.15) is 17.0 Å². The zero-order chi connectivity index (χ0) is 14.8. The number of nitrogen functional groups attached to an aromatic ring is 1. The average Bonchev–Trinajstić information content (AvgIpc) is 2.84. The van der Waals surface area contributed by atoms with E-state index in [1.807, 2.05) is 47.0 Å². The maximum Gasteiger partial charge on any atom is 0.201 e. The van der Waals surface area contributed by atoms with E-state index < -0.39 is 0 Å². The second-order valence-corrected chi connectivity index (χ2v) is 4.70. The molecule has 0 aliphatic rings. The molecule has 0 unspecified atom stereocenters. The smallest absolute Gasteiger partial charge is 0.201 e. The first kappa shape index (κ1) is 13.3. The fourth-order valence-corrected chi connectivity index (χ4v) is 2.47. The maximum absolute atomic E-state index is 6.07. The van der Waals surface area contributed by atoms with Crippen molar-refractivity contribution in [2.45, 2.75) is 6.54 Å². The van der Waals surface area contributed by atoms with Gasteiger partial charge in [0, 0.05) is 5.56 Å². The summed E-state index contributed by atoms with van der Waals surface area (Å²) in [6.07, 6.45) is 0. The van der Waals surface area contributed by atoms with Gasteiger partial charge in [0.15, 0.2) is 0 Å². The number of anilines is 1. The van der Waals surface area contributed by atoms with Crippen LogP contribution in [0.1, 0.15) is 5.56 Å². The van der Waals surface area contributed by atoms with Crippen LogP contribution in [0.4, 0.5) is 5.95 Å². The summed E-state index contributed by atoms with van der Waals surface area (Å²) in [5.74, 6) is 2.01. The zero-order valence-corrected chi connectivity index (χ0v) is 12.0. The van der Waals surface area contributed by atoms with Gasteiger partial charge in [-0.25, -0.2) is 4.98 Å². The van der Waals surface area contributed by atoms with Gasteiger partial charge in [-0.05, 0) is 18.2 Å². The molecule has 0 aliphatic carbocycles. The summed E-state index contributed by atoms with van der Waals surface area (Å²) >= 11 is 0. The molecule has 0 radical (unpaired) electrons. The number of fused-ring (bicyclic) bond motifs is 1. The number of ether oxygens (including phenoxy) is 2. The first-order valence-corrected chi connectivity index (χ1v) is 6.65. The highest BCUT2D eigenvalue weighted by Gasteiger charge is 2.13. The summed E-state index contributed by atoms with van der Waals surface area (Å²) in [5.41, 5.74) is 8.83. The molecule has 0 saturated heterocycles. The van der Waals surface area contributed by atoms with Crippen LogP contribution in [-0.4, -0.2) is 23.8 Å². The molecule has 0 fully saturated rings. The van der Waals surface area contributed by atoms with Crippen LogP contribution >= 0.6 is 0 Å². The Kier molecular flexibility index (Phi) is 3.39. The van der Waals surface area contributed by atoms with Gasteiger partial charge < -0.3 is 19.8 Å². The molecule has 3 rings (SSSR count). The summed E-state index contributed by atoms with van der Waals surface area (Å²) in [5, 5.41) is 0. The Bertz CT molecular complexity index is 780. The SMILES string of the molecule is COc1ccccc1Cn1c(N)nc2c(OC)cccc21. The van der Waals surface area contributed by atoms with Crippen molar-refractivity contribution in [3.8, 4) is 11.5 Å². The minimum Gasteiger partial charge on any atom is -0.496 e. The number of imidazole rings is 1. The molecule has 108 valence electrons. The normalized spacial score (nSPS) is 10.8. The van der Waals surface area contributed by atoms with E-state index >= 15 is 0 Å². The van der Waals surface area contributed by atoms with Gasteiger partial charge in [0.2, 0.25) is 5.95 Å². The third-order valence-corrected chi connectivity index (χ3v) is 3.51. The molecule has 1 heterocycles. The maximum atomic E-state index is 6.07. The first-order chi connectivity index (χ1) is 10.2. The van der Waals surface area contributed by atoms with Crippen molar-refractivity contribution in [3.05, 3.63) is 48.0 Å². The number of nitrogens with zero attached hydrogens (tertiary/aromatic N) is 2. The standard InChI is InChI=1S/C16H17N3O2/c1-20-13-8-4-3-6-11(13)10-19-12-7-5-9-14(21-2)15(12)18-16(19)17/h3-9H,10H2,1-2H3,(H2,17,18). The van der Waals surface area contributed by atoms with Crippen LogP contribution in [-0.2, 0) is 6.54 Å². The molecule has 21 heavy (non-hydrogen) atoms. The van der Waals surface area contributed by atoms with Crippen LogP contribution in [0.25, 0.3) is 11.0 Å². The van der Waals surface area contributed by atoms with Crippen LogP contribution in [0, 0.1) is 0 Å². The van der Waals surface area contributed by atoms with E-state index in [2.05, 4.69) is 4.98 Å². The largest absolute Gasteiger partial charge is 0.496 e. The lowest BCUT2D eigenvalue weighted by Crippen LogP contribution is -2.05. The number of hydrogen-bond donors (Lipinski definition) is 1. The lowest BCUT2D eigenvalue weighted by Gasteiger charge is -2.11. The van der Waals surface area contributed by atoms with Crippen LogP contribution < -0.4 is 15.2 Å². The van der Waals surface area contributed by atoms with Crippen molar-refractivity contribution < 1.29 is 9.47 Å². The zero-order valence-electron chi connectivity index (χ0n) is 12.0. The quantitative estimate of drug-likeness (QED) is 0.799. The Morgan fingerprint density at radius 3 is 2.48 bits per heavy atom. The van der Waals surface area contributed by atoms with E-state index in [9.17, 15) is 0 Å². The van der Waals surface area contributed by atoms with E-state index in [-0.39, 0.29) is 0 Å². The number of aromatic nitrogens is 2. The summed E-state index contributed by atoms with van der Waals surface area (Å²) < 4.78 is 12.7. The average molecular weight is 283 g/mol. The van der Waals surface area contributed by atoms with Gasteiger partial charge in [0.25, 0.3) is 0 Å². The highest BCUT2D eigenvalue weighted by atomic mass is 16.5. The second-order valence-electron chi connectivity index (χ2n) is 4.70. The second kappa shape index (κ2) is 5.36. The molecule has 5 nitrogen and oxygen atoms in total. The number of benzene rings is 2. The Morgan fingerprint density at radius 1 is 1.00 bits per heavy atom. The monoisotopic (exact) mass is 283 g/mol. The molecule has 1 aromatic heterocycles. The molecule has 3 aromatic rings. The lowest BCUT2D eigenvalue weighted by atomic mass is 10.2.